The van der Waals surface area contributed by atoms with Gasteiger partial charge in [-0.3, -0.25) is 9.78 Å². The third-order valence-corrected chi connectivity index (χ3v) is 6.31. The van der Waals surface area contributed by atoms with Crippen molar-refractivity contribution >= 4 is 22.9 Å². The number of benzene rings is 1. The van der Waals surface area contributed by atoms with Crippen molar-refractivity contribution in [3.05, 3.63) is 59.3 Å². The predicted molar refractivity (Wildman–Crippen MR) is 138 cm³/mol. The standard InChI is InChI=1S/C28H35FN4O3/c1-17(2)31-26(34)22-12-21(29)7-8-23(22)33-16-20(25-18(3)13-30-14-24(25)33)11-19-9-10-32(15-19)27(35)36-28(4,5)6/h7-8,12-14,16-17,19H,9-11,15H2,1-6H3,(H,31,34)/t19-/m0/s1. The number of carbonyl (C=O) groups is 2. The average Bonchev–Trinajstić information content (AvgIpc) is 3.38. The fraction of sp³-hybridized carbons (Fsp3) is 0.464. The third-order valence-electron chi connectivity index (χ3n) is 6.31. The van der Waals surface area contributed by atoms with Crippen LogP contribution < -0.4 is 5.32 Å². The van der Waals surface area contributed by atoms with E-state index in [1.54, 1.807) is 17.2 Å². The van der Waals surface area contributed by atoms with E-state index in [1.165, 1.54) is 12.1 Å². The molecule has 0 radical (unpaired) electrons. The second kappa shape index (κ2) is 9.91. The molecule has 1 N–H and O–H groups in total. The zero-order chi connectivity index (χ0) is 26.2. The molecule has 192 valence electrons. The Kier molecular flexibility index (Phi) is 7.07. The fourth-order valence-electron chi connectivity index (χ4n) is 4.84. The SMILES string of the molecule is Cc1cncc2c1c(C[C@@H]1CCN(C(=O)OC(C)(C)C)C1)cn2-c1ccc(F)cc1C(=O)NC(C)C. The minimum Gasteiger partial charge on any atom is -0.444 e. The van der Waals surface area contributed by atoms with E-state index in [0.29, 0.717) is 18.8 Å². The molecule has 3 heterocycles. The molecule has 3 aromatic rings. The van der Waals surface area contributed by atoms with Crippen molar-refractivity contribution in [2.75, 3.05) is 13.1 Å². The van der Waals surface area contributed by atoms with Gasteiger partial charge in [0, 0.05) is 36.9 Å². The van der Waals surface area contributed by atoms with Crippen LogP contribution in [0.5, 0.6) is 0 Å². The molecule has 36 heavy (non-hydrogen) atoms. The van der Waals surface area contributed by atoms with Crippen molar-refractivity contribution in [2.24, 2.45) is 5.92 Å². The van der Waals surface area contributed by atoms with Crippen LogP contribution in [0.1, 0.15) is 62.5 Å². The van der Waals surface area contributed by atoms with Gasteiger partial charge in [0.25, 0.3) is 5.91 Å². The van der Waals surface area contributed by atoms with Gasteiger partial charge in [-0.2, -0.15) is 0 Å². The van der Waals surface area contributed by atoms with E-state index in [0.717, 1.165) is 34.9 Å². The van der Waals surface area contributed by atoms with Gasteiger partial charge in [0.05, 0.1) is 23.0 Å². The number of likely N-dealkylation sites (tertiary alicyclic amines) is 1. The quantitative estimate of drug-likeness (QED) is 0.515. The Bertz CT molecular complexity index is 1290. The summed E-state index contributed by atoms with van der Waals surface area (Å²) in [7, 11) is 0. The number of nitrogens with zero attached hydrogens (tertiary/aromatic N) is 3. The summed E-state index contributed by atoms with van der Waals surface area (Å²) in [5, 5.41) is 3.94. The first-order valence-corrected chi connectivity index (χ1v) is 12.5. The normalized spacial score (nSPS) is 16.1. The molecule has 0 bridgehead atoms. The van der Waals surface area contributed by atoms with Gasteiger partial charge in [0.2, 0.25) is 0 Å². The number of nitrogens with one attached hydrogen (secondary N) is 1. The lowest BCUT2D eigenvalue weighted by Gasteiger charge is -2.24. The first-order valence-electron chi connectivity index (χ1n) is 12.5. The third kappa shape index (κ3) is 5.53. The van der Waals surface area contributed by atoms with Crippen molar-refractivity contribution in [3.8, 4) is 5.69 Å². The molecule has 1 aromatic carbocycles. The summed E-state index contributed by atoms with van der Waals surface area (Å²) in [6.07, 6.45) is 7.00. The van der Waals surface area contributed by atoms with Crippen molar-refractivity contribution in [2.45, 2.75) is 66.0 Å². The number of pyridine rings is 1. The van der Waals surface area contributed by atoms with Gasteiger partial charge in [-0.25, -0.2) is 9.18 Å². The molecule has 1 atom stereocenters. The molecule has 1 saturated heterocycles. The molecule has 8 heteroatoms. The molecule has 1 aliphatic heterocycles. The van der Waals surface area contributed by atoms with E-state index in [2.05, 4.69) is 10.3 Å². The minimum atomic E-state index is -0.526. The van der Waals surface area contributed by atoms with Crippen LogP contribution in [0.25, 0.3) is 16.6 Å². The Hall–Kier alpha value is -3.42. The molecule has 0 aliphatic carbocycles. The second-order valence-corrected chi connectivity index (χ2v) is 10.9. The number of carbonyl (C=O) groups excluding carboxylic acids is 2. The van der Waals surface area contributed by atoms with Gasteiger partial charge in [0.15, 0.2) is 0 Å². The van der Waals surface area contributed by atoms with E-state index < -0.39 is 11.4 Å². The molecule has 0 unspecified atom stereocenters. The highest BCUT2D eigenvalue weighted by atomic mass is 19.1. The number of aromatic nitrogens is 2. The van der Waals surface area contributed by atoms with Crippen molar-refractivity contribution in [1.29, 1.82) is 0 Å². The van der Waals surface area contributed by atoms with Gasteiger partial charge in [-0.05, 0) is 89.6 Å². The number of amides is 2. The maximum atomic E-state index is 14.2. The molecule has 7 nitrogen and oxygen atoms in total. The number of ether oxygens (including phenoxy) is 1. The highest BCUT2D eigenvalue weighted by Crippen LogP contribution is 2.32. The number of hydrogen-bond acceptors (Lipinski definition) is 4. The first-order chi connectivity index (χ1) is 16.9. The van der Waals surface area contributed by atoms with Crippen LogP contribution >= 0.6 is 0 Å². The van der Waals surface area contributed by atoms with Crippen LogP contribution in [0.3, 0.4) is 0 Å². The lowest BCUT2D eigenvalue weighted by Crippen LogP contribution is -2.35. The molecule has 1 fully saturated rings. The van der Waals surface area contributed by atoms with E-state index in [-0.39, 0.29) is 29.5 Å². The van der Waals surface area contributed by atoms with Crippen LogP contribution in [0.4, 0.5) is 9.18 Å². The van der Waals surface area contributed by atoms with Gasteiger partial charge >= 0.3 is 6.09 Å². The van der Waals surface area contributed by atoms with E-state index in [4.69, 9.17) is 4.74 Å². The van der Waals surface area contributed by atoms with Crippen molar-refractivity contribution < 1.29 is 18.7 Å². The smallest absolute Gasteiger partial charge is 0.410 e. The summed E-state index contributed by atoms with van der Waals surface area (Å²) in [6.45, 7) is 12.7. The summed E-state index contributed by atoms with van der Waals surface area (Å²) in [4.78, 5) is 31.6. The maximum absolute atomic E-state index is 14.2. The summed E-state index contributed by atoms with van der Waals surface area (Å²) < 4.78 is 21.7. The van der Waals surface area contributed by atoms with Gasteiger partial charge in [0.1, 0.15) is 11.4 Å². The number of fused-ring (bicyclic) bond motifs is 1. The molecule has 2 aromatic heterocycles. The Morgan fingerprint density at radius 2 is 2.00 bits per heavy atom. The number of rotatable bonds is 5. The monoisotopic (exact) mass is 494 g/mol. The Balaban J connectivity index is 1.68. The lowest BCUT2D eigenvalue weighted by atomic mass is 9.97. The predicted octanol–water partition coefficient (Wildman–Crippen LogP) is 5.41. The zero-order valence-electron chi connectivity index (χ0n) is 21.9. The van der Waals surface area contributed by atoms with Gasteiger partial charge < -0.3 is 19.5 Å². The maximum Gasteiger partial charge on any atom is 0.410 e. The van der Waals surface area contributed by atoms with Crippen molar-refractivity contribution in [3.63, 3.8) is 0 Å². The highest BCUT2D eigenvalue weighted by molar-refractivity contribution is 5.99. The second-order valence-electron chi connectivity index (χ2n) is 10.9. The van der Waals surface area contributed by atoms with Crippen LogP contribution in [0.2, 0.25) is 0 Å². The number of halogens is 1. The molecule has 2 amide bonds. The molecular weight excluding hydrogens is 459 g/mol. The summed E-state index contributed by atoms with van der Waals surface area (Å²) >= 11 is 0. The highest BCUT2D eigenvalue weighted by Gasteiger charge is 2.31. The molecule has 1 aliphatic rings. The van der Waals surface area contributed by atoms with Crippen LogP contribution in [0, 0.1) is 18.7 Å². The molecule has 0 spiro atoms. The average molecular weight is 495 g/mol. The van der Waals surface area contributed by atoms with Gasteiger partial charge in [-0.15, -0.1) is 0 Å². The summed E-state index contributed by atoms with van der Waals surface area (Å²) in [6, 6.07) is 4.20. The van der Waals surface area contributed by atoms with E-state index in [1.807, 2.05) is 58.5 Å². The Morgan fingerprint density at radius 3 is 2.69 bits per heavy atom. The minimum absolute atomic E-state index is 0.0789. The first kappa shape index (κ1) is 25.7. The fourth-order valence-corrected chi connectivity index (χ4v) is 4.84. The zero-order valence-corrected chi connectivity index (χ0v) is 21.9. The molecular formula is C28H35FN4O3. The number of aryl methyl sites for hydroxylation is 1. The molecule has 4 rings (SSSR count). The van der Waals surface area contributed by atoms with Crippen LogP contribution in [0.15, 0.2) is 36.8 Å². The van der Waals surface area contributed by atoms with Crippen LogP contribution in [-0.2, 0) is 11.2 Å². The Morgan fingerprint density at radius 1 is 1.25 bits per heavy atom. The Labute approximate surface area is 211 Å². The largest absolute Gasteiger partial charge is 0.444 e. The summed E-state index contributed by atoms with van der Waals surface area (Å²) in [5.74, 6) is -0.514. The van der Waals surface area contributed by atoms with Crippen molar-refractivity contribution in [1.82, 2.24) is 19.8 Å². The lowest BCUT2D eigenvalue weighted by molar-refractivity contribution is 0.0288. The van der Waals surface area contributed by atoms with E-state index in [9.17, 15) is 14.0 Å². The molecule has 0 saturated carbocycles. The summed E-state index contributed by atoms with van der Waals surface area (Å²) in [5.41, 5.74) is 3.34. The van der Waals surface area contributed by atoms with E-state index >= 15 is 0 Å². The topological polar surface area (TPSA) is 76.5 Å². The van der Waals surface area contributed by atoms with Gasteiger partial charge in [-0.1, -0.05) is 0 Å². The van der Waals surface area contributed by atoms with Crippen LogP contribution in [-0.4, -0.2) is 51.2 Å². The number of hydrogen-bond donors (Lipinski definition) is 1.